The molecule has 25 heavy (non-hydrogen) atoms. The van der Waals surface area contributed by atoms with Crippen molar-refractivity contribution in [2.45, 2.75) is 25.4 Å². The van der Waals surface area contributed by atoms with Gasteiger partial charge in [-0.25, -0.2) is 0 Å². The third kappa shape index (κ3) is 18.0. The van der Waals surface area contributed by atoms with Crippen LogP contribution in [0.2, 0.25) is 0 Å². The summed E-state index contributed by atoms with van der Waals surface area (Å²) >= 11 is 0. The summed E-state index contributed by atoms with van der Waals surface area (Å²) < 4.78 is 4.82. The van der Waals surface area contributed by atoms with Crippen molar-refractivity contribution in [2.75, 3.05) is 13.2 Å². The van der Waals surface area contributed by atoms with Crippen LogP contribution in [0, 0.1) is 0 Å². The van der Waals surface area contributed by atoms with Crippen LogP contribution < -0.4 is 0 Å². The normalized spacial score (nSPS) is 9.84. The number of hydrogen-bond acceptors (Lipinski definition) is 7. The van der Waals surface area contributed by atoms with E-state index in [2.05, 4.69) is 0 Å². The van der Waals surface area contributed by atoms with Crippen LogP contribution in [0.4, 0.5) is 0 Å². The maximum Gasteiger partial charge on any atom is 0.153 e. The number of para-hydroxylation sites is 2. The number of benzene rings is 2. The van der Waals surface area contributed by atoms with Gasteiger partial charge in [0.15, 0.2) is 12.6 Å². The minimum atomic E-state index is -1.35. The summed E-state index contributed by atoms with van der Waals surface area (Å²) in [5.74, 6) is 0.644. The zero-order valence-electron chi connectivity index (χ0n) is 13.8. The molecule has 0 saturated carbocycles. The van der Waals surface area contributed by atoms with Crippen LogP contribution in [0.3, 0.4) is 0 Å². The number of ether oxygens (including phenoxy) is 1. The smallest absolute Gasteiger partial charge is 0.153 e. The van der Waals surface area contributed by atoms with Gasteiger partial charge in [0.25, 0.3) is 0 Å². The van der Waals surface area contributed by atoms with Crippen LogP contribution in [0.15, 0.2) is 60.7 Å². The van der Waals surface area contributed by atoms with Crippen molar-refractivity contribution in [2.24, 2.45) is 0 Å². The fourth-order valence-electron chi connectivity index (χ4n) is 1.34. The lowest BCUT2D eigenvalue weighted by molar-refractivity contribution is -0.0769. The van der Waals surface area contributed by atoms with E-state index in [9.17, 15) is 0 Å². The summed E-state index contributed by atoms with van der Waals surface area (Å²) in [6, 6.07) is 17.4. The lowest BCUT2D eigenvalue weighted by atomic mass is 10.3. The largest absolute Gasteiger partial charge is 0.508 e. The van der Waals surface area contributed by atoms with Gasteiger partial charge in [0, 0.05) is 12.8 Å². The fourth-order valence-corrected chi connectivity index (χ4v) is 1.34. The quantitative estimate of drug-likeness (QED) is 0.339. The zero-order chi connectivity index (χ0) is 18.9. The molecule has 0 saturated heterocycles. The monoisotopic (exact) mass is 354 g/mol. The van der Waals surface area contributed by atoms with Gasteiger partial charge in [0.2, 0.25) is 0 Å². The number of rotatable bonds is 6. The Hall–Kier alpha value is -2.16. The predicted octanol–water partition coefficient (Wildman–Crippen LogP) is 1.19. The molecule has 0 unspecified atom stereocenters. The summed E-state index contributed by atoms with van der Waals surface area (Å²) in [4.78, 5) is 0. The van der Waals surface area contributed by atoms with Gasteiger partial charge in [0.1, 0.15) is 11.5 Å². The summed E-state index contributed by atoms with van der Waals surface area (Å²) in [6.45, 7) is 0.425. The Morgan fingerprint density at radius 3 is 1.12 bits per heavy atom. The van der Waals surface area contributed by atoms with E-state index in [4.69, 9.17) is 35.4 Å². The second-order valence-electron chi connectivity index (χ2n) is 4.82. The van der Waals surface area contributed by atoms with E-state index in [0.29, 0.717) is 11.5 Å². The Kier molecular flexibility index (Phi) is 14.0. The first-order chi connectivity index (χ1) is 11.9. The molecule has 0 aliphatic rings. The second-order valence-corrected chi connectivity index (χ2v) is 4.82. The topological polar surface area (TPSA) is 131 Å². The average molecular weight is 354 g/mol. The number of hydrogen-bond donors (Lipinski definition) is 6. The molecular weight excluding hydrogens is 328 g/mol. The lowest BCUT2D eigenvalue weighted by Gasteiger charge is -2.05. The minimum absolute atomic E-state index is 0.140. The van der Waals surface area contributed by atoms with E-state index in [1.807, 2.05) is 12.1 Å². The predicted molar refractivity (Wildman–Crippen MR) is 92.7 cm³/mol. The second kappa shape index (κ2) is 15.4. The highest BCUT2D eigenvalue weighted by Crippen LogP contribution is 2.03. The van der Waals surface area contributed by atoms with E-state index >= 15 is 0 Å². The molecule has 0 radical (unpaired) electrons. The molecule has 6 N–H and O–H groups in total. The standard InChI is InChI=1S/C6H14O5.2C6H6O/c7-5(8)1-3-11-4-2-6(9)10;2*7-6-4-2-1-3-5-6/h5-10H,1-4H2;2*1-5,7H. The summed E-state index contributed by atoms with van der Waals surface area (Å²) in [5, 5.41) is 50.6. The van der Waals surface area contributed by atoms with Crippen molar-refractivity contribution in [3.8, 4) is 11.5 Å². The molecule has 0 atom stereocenters. The van der Waals surface area contributed by atoms with Crippen LogP contribution in [-0.2, 0) is 4.74 Å². The van der Waals surface area contributed by atoms with Crippen LogP contribution in [-0.4, -0.2) is 56.4 Å². The zero-order valence-corrected chi connectivity index (χ0v) is 13.8. The highest BCUT2D eigenvalue weighted by atomic mass is 16.5. The molecular formula is C18H26O7. The minimum Gasteiger partial charge on any atom is -0.508 e. The number of aromatic hydroxyl groups is 2. The molecule has 0 aromatic heterocycles. The molecule has 7 nitrogen and oxygen atoms in total. The molecule has 0 bridgehead atoms. The number of phenolic OH excluding ortho intramolecular Hbond substituents is 2. The molecule has 140 valence electrons. The van der Waals surface area contributed by atoms with Gasteiger partial charge in [0.05, 0.1) is 13.2 Å². The fraction of sp³-hybridized carbons (Fsp3) is 0.333. The first-order valence-corrected chi connectivity index (χ1v) is 7.70. The highest BCUT2D eigenvalue weighted by Gasteiger charge is 1.99. The first kappa shape index (κ1) is 22.8. The first-order valence-electron chi connectivity index (χ1n) is 7.70. The van der Waals surface area contributed by atoms with Gasteiger partial charge in [-0.15, -0.1) is 0 Å². The molecule has 2 rings (SSSR count). The lowest BCUT2D eigenvalue weighted by Crippen LogP contribution is -2.12. The van der Waals surface area contributed by atoms with Gasteiger partial charge in [-0.05, 0) is 24.3 Å². The molecule has 2 aromatic carbocycles. The van der Waals surface area contributed by atoms with Crippen molar-refractivity contribution < 1.29 is 35.4 Å². The SMILES string of the molecule is OC(O)CCOCCC(O)O.Oc1ccccc1.Oc1ccccc1. The Morgan fingerprint density at radius 2 is 0.920 bits per heavy atom. The van der Waals surface area contributed by atoms with Gasteiger partial charge in [-0.2, -0.15) is 0 Å². The van der Waals surface area contributed by atoms with E-state index in [0.717, 1.165) is 0 Å². The number of aliphatic hydroxyl groups excluding tert-OH is 2. The van der Waals surface area contributed by atoms with Crippen molar-refractivity contribution in [3.05, 3.63) is 60.7 Å². The van der Waals surface area contributed by atoms with Crippen LogP contribution in [0.25, 0.3) is 0 Å². The molecule has 0 fully saturated rings. The van der Waals surface area contributed by atoms with Gasteiger partial charge in [-0.3, -0.25) is 0 Å². The van der Waals surface area contributed by atoms with Gasteiger partial charge >= 0.3 is 0 Å². The molecule has 7 heteroatoms. The van der Waals surface area contributed by atoms with E-state index in [1.54, 1.807) is 48.5 Å². The van der Waals surface area contributed by atoms with Crippen LogP contribution in [0.5, 0.6) is 11.5 Å². The van der Waals surface area contributed by atoms with E-state index in [1.165, 1.54) is 0 Å². The average Bonchev–Trinajstić information content (AvgIpc) is 2.56. The molecule has 0 amide bonds. The number of phenols is 2. The Morgan fingerprint density at radius 1 is 0.600 bits per heavy atom. The molecule has 0 aliphatic carbocycles. The third-order valence-electron chi connectivity index (χ3n) is 2.55. The highest BCUT2D eigenvalue weighted by molar-refractivity contribution is 5.19. The van der Waals surface area contributed by atoms with Crippen molar-refractivity contribution in [3.63, 3.8) is 0 Å². The van der Waals surface area contributed by atoms with Gasteiger partial charge < -0.3 is 35.4 Å². The van der Waals surface area contributed by atoms with E-state index in [-0.39, 0.29) is 26.1 Å². The Balaban J connectivity index is 0.000000358. The summed E-state index contributed by atoms with van der Waals surface area (Å²) in [6.07, 6.45) is -2.42. The maximum atomic E-state index is 8.63. The van der Waals surface area contributed by atoms with Crippen LogP contribution in [0.1, 0.15) is 12.8 Å². The number of aliphatic hydroxyl groups is 4. The summed E-state index contributed by atoms with van der Waals surface area (Å²) in [7, 11) is 0. The molecule has 0 heterocycles. The summed E-state index contributed by atoms with van der Waals surface area (Å²) in [5.41, 5.74) is 0. The Labute approximate surface area is 147 Å². The van der Waals surface area contributed by atoms with E-state index < -0.39 is 12.6 Å². The third-order valence-corrected chi connectivity index (χ3v) is 2.55. The Bertz CT molecular complexity index is 456. The van der Waals surface area contributed by atoms with Crippen LogP contribution >= 0.6 is 0 Å². The molecule has 0 spiro atoms. The maximum absolute atomic E-state index is 8.63. The van der Waals surface area contributed by atoms with Crippen molar-refractivity contribution in [1.29, 1.82) is 0 Å². The molecule has 0 aliphatic heterocycles. The van der Waals surface area contributed by atoms with Gasteiger partial charge in [-0.1, -0.05) is 36.4 Å². The molecule has 2 aromatic rings. The van der Waals surface area contributed by atoms with Crippen molar-refractivity contribution >= 4 is 0 Å². The van der Waals surface area contributed by atoms with Crippen molar-refractivity contribution in [1.82, 2.24) is 0 Å².